The van der Waals surface area contributed by atoms with Gasteiger partial charge in [0.1, 0.15) is 11.3 Å². The second-order valence-corrected chi connectivity index (χ2v) is 6.29. The summed E-state index contributed by atoms with van der Waals surface area (Å²) in [7, 11) is 0. The molecule has 0 saturated heterocycles. The molecule has 0 saturated carbocycles. The van der Waals surface area contributed by atoms with E-state index in [9.17, 15) is 19.6 Å². The van der Waals surface area contributed by atoms with E-state index in [-0.39, 0.29) is 11.7 Å². The highest BCUT2D eigenvalue weighted by molar-refractivity contribution is 6.02. The maximum absolute atomic E-state index is 12.9. The van der Waals surface area contributed by atoms with E-state index in [0.29, 0.717) is 33.7 Å². The summed E-state index contributed by atoms with van der Waals surface area (Å²) in [6.07, 6.45) is 5.70. The summed E-state index contributed by atoms with van der Waals surface area (Å²) in [6.45, 7) is 0. The van der Waals surface area contributed by atoms with Crippen LogP contribution in [0.3, 0.4) is 0 Å². The van der Waals surface area contributed by atoms with Crippen LogP contribution in [0.2, 0.25) is 0 Å². The minimum atomic E-state index is -0.335. The van der Waals surface area contributed by atoms with Crippen molar-refractivity contribution in [3.05, 3.63) is 84.4 Å². The fraction of sp³-hybridized carbons (Fsp3) is 0. The second-order valence-electron chi connectivity index (χ2n) is 6.29. The summed E-state index contributed by atoms with van der Waals surface area (Å²) in [6, 6.07) is 14.2. The summed E-state index contributed by atoms with van der Waals surface area (Å²) in [5.74, 6) is -0.358. The molecule has 3 N–H and O–H groups in total. The highest BCUT2D eigenvalue weighted by Crippen LogP contribution is 2.24. The summed E-state index contributed by atoms with van der Waals surface area (Å²) in [5.41, 5.74) is 2.79. The van der Waals surface area contributed by atoms with Gasteiger partial charge in [-0.3, -0.25) is 10.0 Å². The number of rotatable bonds is 4. The minimum absolute atomic E-state index is 0.306. The molecule has 0 bridgehead atoms. The number of imidazole rings is 1. The van der Waals surface area contributed by atoms with E-state index in [1.54, 1.807) is 48.5 Å². The first-order valence-electron chi connectivity index (χ1n) is 8.67. The van der Waals surface area contributed by atoms with Crippen molar-refractivity contribution >= 4 is 28.7 Å². The number of anilines is 1. The van der Waals surface area contributed by atoms with Gasteiger partial charge in [0.05, 0.1) is 0 Å². The van der Waals surface area contributed by atoms with E-state index >= 15 is 0 Å². The zero-order valence-corrected chi connectivity index (χ0v) is 15.0. The number of fused-ring (bicyclic) bond motifs is 1. The van der Waals surface area contributed by atoms with Gasteiger partial charge in [-0.15, -0.1) is 0 Å². The van der Waals surface area contributed by atoms with Crippen LogP contribution in [0, 0.1) is 5.82 Å². The first-order chi connectivity index (χ1) is 14.0. The lowest BCUT2D eigenvalue weighted by Crippen LogP contribution is -2.28. The van der Waals surface area contributed by atoms with Crippen molar-refractivity contribution in [2.75, 3.05) is 5.32 Å². The molecule has 2 heterocycles. The molecule has 2 aromatic heterocycles. The minimum Gasteiger partial charge on any atom is -0.426 e. The van der Waals surface area contributed by atoms with Gasteiger partial charge in [-0.1, -0.05) is 12.1 Å². The molecule has 8 heteroatoms. The van der Waals surface area contributed by atoms with Crippen molar-refractivity contribution in [1.82, 2.24) is 9.71 Å². The number of aromatic nitrogens is 3. The number of amides is 1. The number of nitrogens with one attached hydrogen (secondary N) is 1. The summed E-state index contributed by atoms with van der Waals surface area (Å²) in [5, 5.41) is 22.5. The van der Waals surface area contributed by atoms with Crippen molar-refractivity contribution in [3.8, 4) is 11.4 Å². The molecule has 0 fully saturated rings. The summed E-state index contributed by atoms with van der Waals surface area (Å²) < 4.78 is 14.6. The zero-order valence-electron chi connectivity index (χ0n) is 15.0. The van der Waals surface area contributed by atoms with Gasteiger partial charge in [0.25, 0.3) is 6.20 Å². The first-order valence-corrected chi connectivity index (χ1v) is 8.67. The van der Waals surface area contributed by atoms with Crippen molar-refractivity contribution in [2.45, 2.75) is 0 Å². The smallest absolute Gasteiger partial charge is 0.251 e. The molecule has 0 aliphatic heterocycles. The number of carbonyl (C=O) groups is 1. The average Bonchev–Trinajstić information content (AvgIpc) is 3.04. The molecule has 7 nitrogen and oxygen atoms in total. The van der Waals surface area contributed by atoms with E-state index in [4.69, 9.17) is 0 Å². The third-order valence-electron chi connectivity index (χ3n) is 4.27. The van der Waals surface area contributed by atoms with E-state index in [1.165, 1.54) is 30.6 Å². The van der Waals surface area contributed by atoms with Gasteiger partial charge in [0.2, 0.25) is 12.1 Å². The SMILES string of the molecule is O=C(/C=C/c1ccc(F)cc1)Nc1ccc(-c2nc3cc[n+](O)cc3n2O)cc1. The van der Waals surface area contributed by atoms with Crippen molar-refractivity contribution in [1.29, 1.82) is 0 Å². The molecular formula is C21H16FN4O3+. The van der Waals surface area contributed by atoms with Gasteiger partial charge in [0, 0.05) is 28.1 Å². The second kappa shape index (κ2) is 7.43. The molecule has 1 amide bonds. The standard InChI is InChI=1S/C21H15FN4O3/c22-16-6-1-14(2-7-16)3-10-20(27)23-17-8-4-15(5-9-17)21-24-18-11-12-25(28)13-19(18)26(21)29/h1-13,28-29H/p+1/b10-3+. The average molecular weight is 391 g/mol. The molecule has 0 radical (unpaired) electrons. The third-order valence-corrected chi connectivity index (χ3v) is 4.27. The number of hydrogen-bond acceptors (Lipinski definition) is 4. The highest BCUT2D eigenvalue weighted by Gasteiger charge is 2.15. The lowest BCUT2D eigenvalue weighted by atomic mass is 10.2. The van der Waals surface area contributed by atoms with Gasteiger partial charge in [0.15, 0.2) is 11.3 Å². The largest absolute Gasteiger partial charge is 0.426 e. The molecule has 2 aromatic carbocycles. The Hall–Kier alpha value is -4.20. The van der Waals surface area contributed by atoms with Crippen LogP contribution in [0.1, 0.15) is 5.56 Å². The van der Waals surface area contributed by atoms with Crippen LogP contribution in [0.15, 0.2) is 73.1 Å². The molecule has 4 rings (SSSR count). The quantitative estimate of drug-likeness (QED) is 0.283. The summed E-state index contributed by atoms with van der Waals surface area (Å²) >= 11 is 0. The maximum atomic E-state index is 12.9. The Morgan fingerprint density at radius 1 is 1.10 bits per heavy atom. The van der Waals surface area contributed by atoms with E-state index < -0.39 is 0 Å². The van der Waals surface area contributed by atoms with Crippen molar-refractivity contribution < 1.29 is 24.3 Å². The van der Waals surface area contributed by atoms with E-state index in [0.717, 1.165) is 9.46 Å². The number of hydrogen-bond donors (Lipinski definition) is 3. The molecule has 0 spiro atoms. The first kappa shape index (κ1) is 18.2. The Kier molecular flexibility index (Phi) is 4.66. The molecule has 29 heavy (non-hydrogen) atoms. The number of nitrogens with zero attached hydrogens (tertiary/aromatic N) is 3. The number of carbonyl (C=O) groups excluding carboxylic acids is 1. The van der Waals surface area contributed by atoms with Crippen LogP contribution in [-0.2, 0) is 4.79 Å². The Balaban J connectivity index is 1.48. The molecule has 0 unspecified atom stereocenters. The maximum Gasteiger partial charge on any atom is 0.251 e. The molecule has 4 aromatic rings. The fourth-order valence-corrected chi connectivity index (χ4v) is 2.82. The number of benzene rings is 2. The Labute approximate surface area is 164 Å². The van der Waals surface area contributed by atoms with Gasteiger partial charge in [-0.25, -0.2) is 9.37 Å². The van der Waals surface area contributed by atoms with Crippen LogP contribution >= 0.6 is 0 Å². The molecule has 144 valence electrons. The Bertz CT molecular complexity index is 1220. The molecule has 0 aliphatic rings. The van der Waals surface area contributed by atoms with E-state index in [1.807, 2.05) is 0 Å². The summed E-state index contributed by atoms with van der Waals surface area (Å²) in [4.78, 5) is 16.4. The topological polar surface area (TPSA) is 91.3 Å². The highest BCUT2D eigenvalue weighted by atomic mass is 19.1. The lowest BCUT2D eigenvalue weighted by molar-refractivity contribution is -0.904. The third kappa shape index (κ3) is 3.91. The number of halogens is 1. The molecule has 0 atom stereocenters. The fourth-order valence-electron chi connectivity index (χ4n) is 2.82. The normalized spacial score (nSPS) is 11.2. The zero-order chi connectivity index (χ0) is 20.4. The van der Waals surface area contributed by atoms with Crippen molar-refractivity contribution in [2.24, 2.45) is 0 Å². The van der Waals surface area contributed by atoms with Gasteiger partial charge in [-0.05, 0) is 48.0 Å². The predicted octanol–water partition coefficient (Wildman–Crippen LogP) is 3.26. The van der Waals surface area contributed by atoms with Crippen LogP contribution < -0.4 is 10.0 Å². The van der Waals surface area contributed by atoms with E-state index in [2.05, 4.69) is 10.3 Å². The van der Waals surface area contributed by atoms with Gasteiger partial charge in [-0.2, -0.15) is 4.73 Å². The number of pyridine rings is 1. The molecular weight excluding hydrogens is 375 g/mol. The van der Waals surface area contributed by atoms with Gasteiger partial charge >= 0.3 is 0 Å². The lowest BCUT2D eigenvalue weighted by Gasteiger charge is -2.04. The molecule has 0 aliphatic carbocycles. The monoisotopic (exact) mass is 391 g/mol. The van der Waals surface area contributed by atoms with Crippen molar-refractivity contribution in [3.63, 3.8) is 0 Å². The van der Waals surface area contributed by atoms with Crippen LogP contribution in [0.25, 0.3) is 28.5 Å². The van der Waals surface area contributed by atoms with Gasteiger partial charge < -0.3 is 10.5 Å². The van der Waals surface area contributed by atoms with Crippen LogP contribution in [0.5, 0.6) is 0 Å². The Morgan fingerprint density at radius 3 is 2.55 bits per heavy atom. The Morgan fingerprint density at radius 2 is 1.83 bits per heavy atom. The van der Waals surface area contributed by atoms with Crippen LogP contribution in [-0.4, -0.2) is 26.0 Å². The van der Waals surface area contributed by atoms with Crippen LogP contribution in [0.4, 0.5) is 10.1 Å². The predicted molar refractivity (Wildman–Crippen MR) is 104 cm³/mol.